The highest BCUT2D eigenvalue weighted by atomic mass is 35.5. The predicted octanol–water partition coefficient (Wildman–Crippen LogP) is 4.79. The van der Waals surface area contributed by atoms with Crippen LogP contribution in [-0.4, -0.2) is 4.98 Å². The van der Waals surface area contributed by atoms with Gasteiger partial charge in [-0.2, -0.15) is 0 Å². The standard InChI is InChI=1S/C17H19ClN2/c1-12(20-17-11-19-9-8-16(17)18)14-7-6-13-4-2-3-5-15(13)10-14/h6-12,20H,2-5H2,1H3. The highest BCUT2D eigenvalue weighted by molar-refractivity contribution is 6.33. The van der Waals surface area contributed by atoms with Gasteiger partial charge in [0.15, 0.2) is 0 Å². The molecule has 1 aromatic carbocycles. The first-order valence-corrected chi connectivity index (χ1v) is 7.59. The molecule has 1 aliphatic rings. The zero-order chi connectivity index (χ0) is 13.9. The minimum absolute atomic E-state index is 0.226. The van der Waals surface area contributed by atoms with E-state index in [1.807, 2.05) is 6.07 Å². The summed E-state index contributed by atoms with van der Waals surface area (Å²) >= 11 is 6.17. The van der Waals surface area contributed by atoms with Crippen LogP contribution in [0.4, 0.5) is 5.69 Å². The molecule has 0 fully saturated rings. The molecule has 0 bridgehead atoms. The van der Waals surface area contributed by atoms with E-state index in [9.17, 15) is 0 Å². The van der Waals surface area contributed by atoms with Crippen molar-refractivity contribution in [2.75, 3.05) is 5.32 Å². The van der Waals surface area contributed by atoms with Crippen molar-refractivity contribution in [2.24, 2.45) is 0 Å². The maximum Gasteiger partial charge on any atom is 0.0720 e. The largest absolute Gasteiger partial charge is 0.376 e. The monoisotopic (exact) mass is 286 g/mol. The zero-order valence-corrected chi connectivity index (χ0v) is 12.5. The molecule has 2 nitrogen and oxygen atoms in total. The van der Waals surface area contributed by atoms with Crippen molar-refractivity contribution in [2.45, 2.75) is 38.6 Å². The summed E-state index contributed by atoms with van der Waals surface area (Å²) in [5, 5.41) is 4.15. The minimum Gasteiger partial charge on any atom is -0.376 e. The highest BCUT2D eigenvalue weighted by Gasteiger charge is 2.13. The molecular weight excluding hydrogens is 268 g/mol. The Kier molecular flexibility index (Phi) is 3.93. The Bertz CT molecular complexity index is 610. The van der Waals surface area contributed by atoms with Crippen molar-refractivity contribution < 1.29 is 0 Å². The van der Waals surface area contributed by atoms with Gasteiger partial charge in [0.2, 0.25) is 0 Å². The van der Waals surface area contributed by atoms with E-state index in [2.05, 4.69) is 35.4 Å². The van der Waals surface area contributed by atoms with Crippen LogP contribution in [0.5, 0.6) is 0 Å². The second-order valence-electron chi connectivity index (χ2n) is 5.46. The number of nitrogens with one attached hydrogen (secondary N) is 1. The molecule has 0 aliphatic heterocycles. The van der Waals surface area contributed by atoms with Crippen LogP contribution in [0.3, 0.4) is 0 Å². The molecule has 3 heteroatoms. The Balaban J connectivity index is 1.80. The fraction of sp³-hybridized carbons (Fsp3) is 0.353. The molecule has 2 aromatic rings. The molecule has 1 aliphatic carbocycles. The molecule has 0 amide bonds. The summed E-state index contributed by atoms with van der Waals surface area (Å²) in [6, 6.07) is 8.89. The number of hydrogen-bond acceptors (Lipinski definition) is 2. The van der Waals surface area contributed by atoms with Crippen molar-refractivity contribution in [1.29, 1.82) is 0 Å². The van der Waals surface area contributed by atoms with Crippen molar-refractivity contribution in [1.82, 2.24) is 4.98 Å². The van der Waals surface area contributed by atoms with E-state index in [4.69, 9.17) is 11.6 Å². The number of pyridine rings is 1. The Morgan fingerprint density at radius 2 is 1.95 bits per heavy atom. The van der Waals surface area contributed by atoms with Gasteiger partial charge in [-0.05, 0) is 55.4 Å². The predicted molar refractivity (Wildman–Crippen MR) is 84.4 cm³/mol. The smallest absolute Gasteiger partial charge is 0.0720 e. The second kappa shape index (κ2) is 5.84. The third-order valence-electron chi connectivity index (χ3n) is 4.01. The van der Waals surface area contributed by atoms with E-state index in [0.717, 1.165) is 5.69 Å². The number of benzene rings is 1. The maximum atomic E-state index is 6.17. The van der Waals surface area contributed by atoms with Gasteiger partial charge >= 0.3 is 0 Å². The number of anilines is 1. The molecule has 104 valence electrons. The van der Waals surface area contributed by atoms with Crippen molar-refractivity contribution in [3.8, 4) is 0 Å². The first-order valence-electron chi connectivity index (χ1n) is 7.22. The molecule has 20 heavy (non-hydrogen) atoms. The topological polar surface area (TPSA) is 24.9 Å². The number of aromatic nitrogens is 1. The molecule has 1 atom stereocenters. The van der Waals surface area contributed by atoms with Gasteiger partial charge in [0.05, 0.1) is 16.9 Å². The Labute approximate surface area is 125 Å². The SMILES string of the molecule is CC(Nc1cnccc1Cl)c1ccc2c(c1)CCCC2. The maximum absolute atomic E-state index is 6.17. The van der Waals surface area contributed by atoms with Crippen LogP contribution in [0, 0.1) is 0 Å². The normalized spacial score (nSPS) is 15.5. The number of nitrogens with zero attached hydrogens (tertiary/aromatic N) is 1. The van der Waals surface area contributed by atoms with Gasteiger partial charge in [-0.1, -0.05) is 29.8 Å². The first-order chi connectivity index (χ1) is 9.74. The molecule has 3 rings (SSSR count). The molecular formula is C17H19ClN2. The Morgan fingerprint density at radius 3 is 2.75 bits per heavy atom. The van der Waals surface area contributed by atoms with Crippen LogP contribution in [-0.2, 0) is 12.8 Å². The van der Waals surface area contributed by atoms with E-state index < -0.39 is 0 Å². The van der Waals surface area contributed by atoms with E-state index in [1.54, 1.807) is 12.4 Å². The molecule has 0 radical (unpaired) electrons. The van der Waals surface area contributed by atoms with Crippen LogP contribution >= 0.6 is 11.6 Å². The molecule has 0 saturated heterocycles. The first kappa shape index (κ1) is 13.4. The van der Waals surface area contributed by atoms with Crippen LogP contribution in [0.2, 0.25) is 5.02 Å². The fourth-order valence-electron chi connectivity index (χ4n) is 2.82. The molecule has 0 saturated carbocycles. The summed E-state index contributed by atoms with van der Waals surface area (Å²) in [5.74, 6) is 0. The van der Waals surface area contributed by atoms with Gasteiger partial charge in [-0.15, -0.1) is 0 Å². The third-order valence-corrected chi connectivity index (χ3v) is 4.34. The highest BCUT2D eigenvalue weighted by Crippen LogP contribution is 2.28. The lowest BCUT2D eigenvalue weighted by molar-refractivity contribution is 0.683. The lowest BCUT2D eigenvalue weighted by Crippen LogP contribution is -2.10. The number of rotatable bonds is 3. The average molecular weight is 287 g/mol. The summed E-state index contributed by atoms with van der Waals surface area (Å²) in [7, 11) is 0. The van der Waals surface area contributed by atoms with Crippen LogP contribution in [0.25, 0.3) is 0 Å². The van der Waals surface area contributed by atoms with Crippen molar-refractivity contribution in [3.05, 3.63) is 58.4 Å². The number of aryl methyl sites for hydroxylation is 2. The van der Waals surface area contributed by atoms with Gasteiger partial charge in [-0.25, -0.2) is 0 Å². The van der Waals surface area contributed by atoms with Crippen molar-refractivity contribution >= 4 is 17.3 Å². The molecule has 1 unspecified atom stereocenters. The van der Waals surface area contributed by atoms with E-state index in [0.29, 0.717) is 5.02 Å². The summed E-state index contributed by atoms with van der Waals surface area (Å²) in [6.45, 7) is 2.16. The van der Waals surface area contributed by atoms with Gasteiger partial charge in [0.25, 0.3) is 0 Å². The van der Waals surface area contributed by atoms with Gasteiger partial charge < -0.3 is 5.32 Å². The Morgan fingerprint density at radius 1 is 1.15 bits per heavy atom. The summed E-state index contributed by atoms with van der Waals surface area (Å²) in [5.41, 5.74) is 5.23. The van der Waals surface area contributed by atoms with Crippen molar-refractivity contribution in [3.63, 3.8) is 0 Å². The van der Waals surface area contributed by atoms with Crippen LogP contribution in [0.15, 0.2) is 36.7 Å². The lowest BCUT2D eigenvalue weighted by Gasteiger charge is -2.21. The molecule has 1 N–H and O–H groups in total. The number of fused-ring (bicyclic) bond motifs is 1. The molecule has 0 spiro atoms. The lowest BCUT2D eigenvalue weighted by atomic mass is 9.89. The van der Waals surface area contributed by atoms with Gasteiger partial charge in [0.1, 0.15) is 0 Å². The van der Waals surface area contributed by atoms with E-state index in [1.165, 1.54) is 42.4 Å². The quantitative estimate of drug-likeness (QED) is 0.878. The van der Waals surface area contributed by atoms with Gasteiger partial charge in [-0.3, -0.25) is 4.98 Å². The average Bonchev–Trinajstić information content (AvgIpc) is 2.49. The minimum atomic E-state index is 0.226. The zero-order valence-electron chi connectivity index (χ0n) is 11.7. The molecule has 1 heterocycles. The molecule has 1 aromatic heterocycles. The van der Waals surface area contributed by atoms with Crippen LogP contribution < -0.4 is 5.32 Å². The number of hydrogen-bond donors (Lipinski definition) is 1. The van der Waals surface area contributed by atoms with E-state index in [-0.39, 0.29) is 6.04 Å². The summed E-state index contributed by atoms with van der Waals surface area (Å²) < 4.78 is 0. The second-order valence-corrected chi connectivity index (χ2v) is 5.86. The summed E-state index contributed by atoms with van der Waals surface area (Å²) in [4.78, 5) is 4.12. The van der Waals surface area contributed by atoms with Gasteiger partial charge in [0, 0.05) is 12.2 Å². The number of halogens is 1. The third kappa shape index (κ3) is 2.80. The Hall–Kier alpha value is -1.54. The fourth-order valence-corrected chi connectivity index (χ4v) is 2.98. The van der Waals surface area contributed by atoms with Crippen LogP contribution in [0.1, 0.15) is 42.5 Å². The van der Waals surface area contributed by atoms with E-state index >= 15 is 0 Å². The summed E-state index contributed by atoms with van der Waals surface area (Å²) in [6.07, 6.45) is 8.56.